The Kier molecular flexibility index (Phi) is 3.65. The topological polar surface area (TPSA) is 55.1 Å². The van der Waals surface area contributed by atoms with Gasteiger partial charge in [0.15, 0.2) is 5.58 Å². The Morgan fingerprint density at radius 2 is 1.88 bits per heavy atom. The first-order valence-corrected chi connectivity index (χ1v) is 8.12. The van der Waals surface area contributed by atoms with Crippen LogP contribution in [0.15, 0.2) is 65.1 Å². The molecule has 120 valence electrons. The van der Waals surface area contributed by atoms with E-state index in [-0.39, 0.29) is 11.3 Å². The Labute approximate surface area is 140 Å². The maximum atomic E-state index is 12.1. The third-order valence-corrected chi connectivity index (χ3v) is 4.53. The number of amides is 1. The highest BCUT2D eigenvalue weighted by atomic mass is 16.3. The van der Waals surface area contributed by atoms with Crippen LogP contribution in [-0.2, 0) is 10.2 Å². The van der Waals surface area contributed by atoms with Crippen LogP contribution in [0.4, 0.5) is 0 Å². The molecule has 0 radical (unpaired) electrons. The summed E-state index contributed by atoms with van der Waals surface area (Å²) in [7, 11) is 0. The lowest BCUT2D eigenvalue weighted by Gasteiger charge is -2.15. The highest BCUT2D eigenvalue weighted by Gasteiger charge is 2.44. The highest BCUT2D eigenvalue weighted by molar-refractivity contribution is 5.91. The first-order chi connectivity index (χ1) is 11.8. The molecule has 1 heterocycles. The third kappa shape index (κ3) is 2.95. The number of nitrogens with zero attached hydrogens (tertiary/aromatic N) is 1. The molecule has 3 aromatic rings. The number of nitrogens with one attached hydrogen (secondary N) is 1. The van der Waals surface area contributed by atoms with Crippen LogP contribution in [0.5, 0.6) is 0 Å². The summed E-state index contributed by atoms with van der Waals surface area (Å²) < 4.78 is 5.57. The molecule has 1 aromatic heterocycles. The zero-order valence-corrected chi connectivity index (χ0v) is 13.2. The molecule has 1 aliphatic carbocycles. The van der Waals surface area contributed by atoms with E-state index in [4.69, 9.17) is 4.42 Å². The van der Waals surface area contributed by atoms with Crippen LogP contribution >= 0.6 is 0 Å². The molecule has 4 heteroatoms. The molecule has 1 aliphatic rings. The summed E-state index contributed by atoms with van der Waals surface area (Å²) in [5, 5.41) is 2.99. The monoisotopic (exact) mass is 318 g/mol. The van der Waals surface area contributed by atoms with Gasteiger partial charge >= 0.3 is 0 Å². The Hall–Kier alpha value is -2.88. The van der Waals surface area contributed by atoms with Gasteiger partial charge in [-0.15, -0.1) is 0 Å². The van der Waals surface area contributed by atoms with Crippen LogP contribution in [0.3, 0.4) is 0 Å². The van der Waals surface area contributed by atoms with Gasteiger partial charge in [0.25, 0.3) is 0 Å². The van der Waals surface area contributed by atoms with Crippen molar-refractivity contribution in [2.24, 2.45) is 0 Å². The van der Waals surface area contributed by atoms with Gasteiger partial charge in [-0.3, -0.25) is 4.79 Å². The van der Waals surface area contributed by atoms with Crippen molar-refractivity contribution >= 4 is 23.1 Å². The number of hydrogen-bond donors (Lipinski definition) is 1. The fourth-order valence-electron chi connectivity index (χ4n) is 2.93. The van der Waals surface area contributed by atoms with Crippen LogP contribution in [0, 0.1) is 0 Å². The van der Waals surface area contributed by atoms with Crippen LogP contribution < -0.4 is 5.32 Å². The molecule has 4 nitrogen and oxygen atoms in total. The largest absolute Gasteiger partial charge is 0.437 e. The van der Waals surface area contributed by atoms with Crippen molar-refractivity contribution in [1.29, 1.82) is 0 Å². The Balaban J connectivity index is 1.38. The number of aromatic nitrogens is 1. The molecule has 24 heavy (non-hydrogen) atoms. The molecule has 1 fully saturated rings. The van der Waals surface area contributed by atoms with Crippen molar-refractivity contribution in [3.8, 4) is 0 Å². The molecule has 4 rings (SSSR count). The van der Waals surface area contributed by atoms with E-state index in [1.54, 1.807) is 6.08 Å². The van der Waals surface area contributed by atoms with E-state index in [1.165, 1.54) is 11.6 Å². The molecule has 0 aliphatic heterocycles. The average Bonchev–Trinajstić information content (AvgIpc) is 3.30. The molecule has 0 bridgehead atoms. The summed E-state index contributed by atoms with van der Waals surface area (Å²) in [5.74, 6) is 0.315. The normalized spacial score (nSPS) is 15.7. The summed E-state index contributed by atoms with van der Waals surface area (Å²) in [6.45, 7) is 0.660. The lowest BCUT2D eigenvalue weighted by Crippen LogP contribution is -2.30. The SMILES string of the molecule is O=C(/C=C/c1nc2ccccc2o1)NCC1(c2ccccc2)CC1. The van der Waals surface area contributed by atoms with Crippen LogP contribution in [0.2, 0.25) is 0 Å². The van der Waals surface area contributed by atoms with Gasteiger partial charge in [0.1, 0.15) is 5.52 Å². The van der Waals surface area contributed by atoms with Crippen molar-refractivity contribution in [2.45, 2.75) is 18.3 Å². The molecular weight excluding hydrogens is 300 g/mol. The van der Waals surface area contributed by atoms with E-state index in [1.807, 2.05) is 42.5 Å². The zero-order chi connectivity index (χ0) is 16.4. The van der Waals surface area contributed by atoms with Crippen molar-refractivity contribution in [1.82, 2.24) is 10.3 Å². The molecule has 0 saturated heterocycles. The van der Waals surface area contributed by atoms with Gasteiger partial charge < -0.3 is 9.73 Å². The number of fused-ring (bicyclic) bond motifs is 1. The van der Waals surface area contributed by atoms with Gasteiger partial charge in [-0.25, -0.2) is 4.98 Å². The first-order valence-electron chi connectivity index (χ1n) is 8.12. The number of benzene rings is 2. The Morgan fingerprint density at radius 3 is 2.62 bits per heavy atom. The molecular formula is C20H18N2O2. The maximum Gasteiger partial charge on any atom is 0.244 e. The number of carbonyl (C=O) groups excluding carboxylic acids is 1. The molecule has 1 N–H and O–H groups in total. The van der Waals surface area contributed by atoms with Gasteiger partial charge in [0, 0.05) is 24.1 Å². The molecule has 0 atom stereocenters. The third-order valence-electron chi connectivity index (χ3n) is 4.53. The van der Waals surface area contributed by atoms with Crippen molar-refractivity contribution in [3.63, 3.8) is 0 Å². The summed E-state index contributed by atoms with van der Waals surface area (Å²) in [6, 6.07) is 17.9. The van der Waals surface area contributed by atoms with Gasteiger partial charge in [-0.2, -0.15) is 0 Å². The first kappa shape index (κ1) is 14.7. The summed E-state index contributed by atoms with van der Waals surface area (Å²) >= 11 is 0. The second kappa shape index (κ2) is 5.96. The number of oxazole rings is 1. The van der Waals surface area contributed by atoms with E-state index in [9.17, 15) is 4.79 Å². The van der Waals surface area contributed by atoms with Gasteiger partial charge in [0.2, 0.25) is 11.8 Å². The van der Waals surface area contributed by atoms with Crippen LogP contribution in [0.25, 0.3) is 17.2 Å². The fourth-order valence-corrected chi connectivity index (χ4v) is 2.93. The van der Waals surface area contributed by atoms with E-state index in [2.05, 4.69) is 22.4 Å². The lowest BCUT2D eigenvalue weighted by molar-refractivity contribution is -0.116. The minimum atomic E-state index is -0.125. The summed E-state index contributed by atoms with van der Waals surface area (Å²) in [6.07, 6.45) is 5.32. The van der Waals surface area contributed by atoms with E-state index < -0.39 is 0 Å². The number of para-hydroxylation sites is 2. The average molecular weight is 318 g/mol. The van der Waals surface area contributed by atoms with Crippen LogP contribution in [-0.4, -0.2) is 17.4 Å². The number of rotatable bonds is 5. The van der Waals surface area contributed by atoms with E-state index in [0.717, 1.165) is 23.9 Å². The molecule has 2 aromatic carbocycles. The van der Waals surface area contributed by atoms with Crippen LogP contribution in [0.1, 0.15) is 24.3 Å². The standard InChI is InChI=1S/C20H18N2O2/c23-18(10-11-19-22-16-8-4-5-9-17(16)24-19)21-14-20(12-13-20)15-6-2-1-3-7-15/h1-11H,12-14H2,(H,21,23)/b11-10+. The van der Waals surface area contributed by atoms with E-state index >= 15 is 0 Å². The second-order valence-electron chi connectivity index (χ2n) is 6.22. The summed E-state index contributed by atoms with van der Waals surface area (Å²) in [5.41, 5.74) is 2.92. The lowest BCUT2D eigenvalue weighted by atomic mass is 9.96. The molecule has 0 unspecified atom stereocenters. The number of hydrogen-bond acceptors (Lipinski definition) is 3. The van der Waals surface area contributed by atoms with Crippen molar-refractivity contribution < 1.29 is 9.21 Å². The second-order valence-corrected chi connectivity index (χ2v) is 6.22. The Morgan fingerprint density at radius 1 is 1.12 bits per heavy atom. The minimum absolute atomic E-state index is 0.113. The predicted molar refractivity (Wildman–Crippen MR) is 93.4 cm³/mol. The molecule has 1 saturated carbocycles. The fraction of sp³-hybridized carbons (Fsp3) is 0.200. The van der Waals surface area contributed by atoms with Gasteiger partial charge in [-0.1, -0.05) is 42.5 Å². The Bertz CT molecular complexity index is 859. The summed E-state index contributed by atoms with van der Waals surface area (Å²) in [4.78, 5) is 16.4. The van der Waals surface area contributed by atoms with Crippen molar-refractivity contribution in [2.75, 3.05) is 6.54 Å². The smallest absolute Gasteiger partial charge is 0.244 e. The zero-order valence-electron chi connectivity index (χ0n) is 13.2. The van der Waals surface area contributed by atoms with E-state index in [0.29, 0.717) is 12.4 Å². The van der Waals surface area contributed by atoms with Crippen molar-refractivity contribution in [3.05, 3.63) is 72.1 Å². The minimum Gasteiger partial charge on any atom is -0.437 e. The van der Waals surface area contributed by atoms with Gasteiger partial charge in [0.05, 0.1) is 0 Å². The maximum absolute atomic E-state index is 12.1. The molecule has 0 spiro atoms. The number of carbonyl (C=O) groups is 1. The predicted octanol–water partition coefficient (Wildman–Crippen LogP) is 3.69. The quantitative estimate of drug-likeness (QED) is 0.730. The van der Waals surface area contributed by atoms with Gasteiger partial charge in [-0.05, 0) is 30.5 Å². The molecule has 1 amide bonds. The highest BCUT2D eigenvalue weighted by Crippen LogP contribution is 2.47.